The lowest BCUT2D eigenvalue weighted by molar-refractivity contribution is 0.401. The summed E-state index contributed by atoms with van der Waals surface area (Å²) in [5.74, 6) is 0. The van der Waals surface area contributed by atoms with Gasteiger partial charge >= 0.3 is 0 Å². The Balaban J connectivity index is 2.03. The third-order valence-corrected chi connectivity index (χ3v) is 6.32. The van der Waals surface area contributed by atoms with Gasteiger partial charge < -0.3 is 11.5 Å². The van der Waals surface area contributed by atoms with Gasteiger partial charge in [-0.15, -0.1) is 0 Å². The molecule has 0 amide bonds. The maximum absolute atomic E-state index is 6.24. The highest BCUT2D eigenvalue weighted by Crippen LogP contribution is 2.55. The van der Waals surface area contributed by atoms with Crippen molar-refractivity contribution >= 4 is 11.4 Å². The van der Waals surface area contributed by atoms with E-state index in [9.17, 15) is 0 Å². The van der Waals surface area contributed by atoms with Crippen LogP contribution in [0.2, 0.25) is 0 Å². The van der Waals surface area contributed by atoms with Crippen molar-refractivity contribution in [2.45, 2.75) is 83.5 Å². The second-order valence-corrected chi connectivity index (χ2v) is 8.31. The quantitative estimate of drug-likeness (QED) is 0.350. The predicted octanol–water partition coefficient (Wildman–Crippen LogP) is 7.06. The summed E-state index contributed by atoms with van der Waals surface area (Å²) in [6, 6.07) is 13.0. The maximum Gasteiger partial charge on any atom is 0.0317 e. The fourth-order valence-electron chi connectivity index (χ4n) is 4.90. The molecule has 2 aromatic carbocycles. The number of fused-ring (bicyclic) bond motifs is 3. The lowest BCUT2D eigenvalue weighted by Gasteiger charge is -2.33. The van der Waals surface area contributed by atoms with E-state index in [0.29, 0.717) is 0 Å². The first-order chi connectivity index (χ1) is 13.1. The Hall–Kier alpha value is -1.96. The Morgan fingerprint density at radius 2 is 1.07 bits per heavy atom. The molecule has 2 nitrogen and oxygen atoms in total. The molecule has 0 aliphatic heterocycles. The smallest absolute Gasteiger partial charge is 0.0317 e. The fourth-order valence-corrected chi connectivity index (χ4v) is 4.90. The molecular formula is C25H36N2. The highest BCUT2D eigenvalue weighted by Gasteiger charge is 2.42. The number of benzene rings is 2. The predicted molar refractivity (Wildman–Crippen MR) is 119 cm³/mol. The van der Waals surface area contributed by atoms with Gasteiger partial charge in [-0.2, -0.15) is 0 Å². The van der Waals surface area contributed by atoms with Crippen LogP contribution in [0.4, 0.5) is 11.4 Å². The van der Waals surface area contributed by atoms with Gasteiger partial charge in [-0.05, 0) is 59.4 Å². The van der Waals surface area contributed by atoms with E-state index in [4.69, 9.17) is 11.5 Å². The van der Waals surface area contributed by atoms with Crippen LogP contribution >= 0.6 is 0 Å². The second-order valence-electron chi connectivity index (χ2n) is 8.31. The number of nitrogens with two attached hydrogens (primary N) is 2. The van der Waals surface area contributed by atoms with Gasteiger partial charge in [0.25, 0.3) is 0 Å². The van der Waals surface area contributed by atoms with E-state index in [-0.39, 0.29) is 5.41 Å². The minimum absolute atomic E-state index is 0.0803. The Morgan fingerprint density at radius 3 is 1.48 bits per heavy atom. The summed E-state index contributed by atoms with van der Waals surface area (Å²) in [6.07, 6.45) is 12.7. The number of unbranched alkanes of at least 4 members (excludes halogenated alkanes) is 6. The molecule has 0 atom stereocenters. The molecule has 0 saturated carbocycles. The molecule has 146 valence electrons. The van der Waals surface area contributed by atoms with Crippen LogP contribution in [0.15, 0.2) is 36.4 Å². The van der Waals surface area contributed by atoms with Crippen LogP contribution in [-0.4, -0.2) is 0 Å². The molecule has 2 heteroatoms. The lowest BCUT2D eigenvalue weighted by atomic mass is 9.70. The van der Waals surface area contributed by atoms with Crippen LogP contribution in [0, 0.1) is 0 Å². The molecule has 1 aliphatic rings. The first kappa shape index (κ1) is 19.8. The van der Waals surface area contributed by atoms with Gasteiger partial charge in [0.15, 0.2) is 0 Å². The fraction of sp³-hybridized carbons (Fsp3) is 0.520. The van der Waals surface area contributed by atoms with Crippen molar-refractivity contribution < 1.29 is 0 Å². The summed E-state index contributed by atoms with van der Waals surface area (Å²) in [7, 11) is 0. The molecule has 0 aromatic heterocycles. The van der Waals surface area contributed by atoms with E-state index in [0.717, 1.165) is 11.4 Å². The third-order valence-electron chi connectivity index (χ3n) is 6.32. The summed E-state index contributed by atoms with van der Waals surface area (Å²) < 4.78 is 0. The molecular weight excluding hydrogens is 328 g/mol. The van der Waals surface area contributed by atoms with E-state index >= 15 is 0 Å². The van der Waals surface area contributed by atoms with Crippen LogP contribution in [0.25, 0.3) is 11.1 Å². The molecule has 0 heterocycles. The average molecular weight is 365 g/mol. The Kier molecular flexibility index (Phi) is 6.46. The van der Waals surface area contributed by atoms with Gasteiger partial charge in [-0.25, -0.2) is 0 Å². The minimum Gasteiger partial charge on any atom is -0.399 e. The van der Waals surface area contributed by atoms with E-state index < -0.39 is 0 Å². The third kappa shape index (κ3) is 4.00. The van der Waals surface area contributed by atoms with Gasteiger partial charge in [0.1, 0.15) is 0 Å². The topological polar surface area (TPSA) is 52.0 Å². The molecule has 1 aliphatic carbocycles. The molecule has 0 spiro atoms. The van der Waals surface area contributed by atoms with Crippen LogP contribution in [0.1, 0.15) is 89.2 Å². The van der Waals surface area contributed by atoms with Gasteiger partial charge in [0, 0.05) is 16.8 Å². The van der Waals surface area contributed by atoms with Crippen molar-refractivity contribution in [2.24, 2.45) is 0 Å². The Bertz CT molecular complexity index is 697. The molecule has 4 N–H and O–H groups in total. The van der Waals surface area contributed by atoms with Gasteiger partial charge in [-0.3, -0.25) is 0 Å². The Morgan fingerprint density at radius 1 is 0.630 bits per heavy atom. The summed E-state index contributed by atoms with van der Waals surface area (Å²) in [4.78, 5) is 0. The second kappa shape index (κ2) is 8.82. The van der Waals surface area contributed by atoms with E-state index in [2.05, 4.69) is 38.1 Å². The zero-order valence-electron chi connectivity index (χ0n) is 17.2. The molecule has 27 heavy (non-hydrogen) atoms. The van der Waals surface area contributed by atoms with Crippen molar-refractivity contribution in [1.82, 2.24) is 0 Å². The first-order valence-corrected chi connectivity index (χ1v) is 10.9. The summed E-state index contributed by atoms with van der Waals surface area (Å²) >= 11 is 0. The van der Waals surface area contributed by atoms with E-state index in [1.807, 2.05) is 12.1 Å². The van der Waals surface area contributed by atoms with E-state index in [1.54, 1.807) is 0 Å². The van der Waals surface area contributed by atoms with Crippen molar-refractivity contribution in [3.63, 3.8) is 0 Å². The lowest BCUT2D eigenvalue weighted by Crippen LogP contribution is -2.26. The molecule has 0 fully saturated rings. The van der Waals surface area contributed by atoms with Gasteiger partial charge in [0.05, 0.1) is 0 Å². The van der Waals surface area contributed by atoms with Gasteiger partial charge in [0.2, 0.25) is 0 Å². The van der Waals surface area contributed by atoms with Crippen molar-refractivity contribution in [3.05, 3.63) is 47.5 Å². The van der Waals surface area contributed by atoms with E-state index in [1.165, 1.54) is 86.5 Å². The Labute approximate surface area is 165 Å². The zero-order chi connectivity index (χ0) is 19.3. The summed E-state index contributed by atoms with van der Waals surface area (Å²) in [5, 5.41) is 0. The number of hydrogen-bond donors (Lipinski definition) is 2. The van der Waals surface area contributed by atoms with Crippen LogP contribution in [0.3, 0.4) is 0 Å². The number of anilines is 2. The monoisotopic (exact) mass is 364 g/mol. The minimum atomic E-state index is 0.0803. The van der Waals surface area contributed by atoms with Crippen molar-refractivity contribution in [1.29, 1.82) is 0 Å². The largest absolute Gasteiger partial charge is 0.399 e. The average Bonchev–Trinajstić information content (AvgIpc) is 2.92. The normalized spacial score (nSPS) is 14.1. The molecule has 0 saturated heterocycles. The highest BCUT2D eigenvalue weighted by molar-refractivity contribution is 5.83. The van der Waals surface area contributed by atoms with Gasteiger partial charge in [-0.1, -0.05) is 77.3 Å². The molecule has 0 unspecified atom stereocenters. The SMILES string of the molecule is CCCCCCC1(CCCCCC)c2cc(N)ccc2-c2ccc(N)cc21. The first-order valence-electron chi connectivity index (χ1n) is 10.9. The van der Waals surface area contributed by atoms with Crippen LogP contribution in [-0.2, 0) is 5.41 Å². The molecule has 0 bridgehead atoms. The number of rotatable bonds is 10. The highest BCUT2D eigenvalue weighted by atomic mass is 14.6. The molecule has 0 radical (unpaired) electrons. The van der Waals surface area contributed by atoms with Crippen LogP contribution in [0.5, 0.6) is 0 Å². The van der Waals surface area contributed by atoms with Crippen LogP contribution < -0.4 is 11.5 Å². The standard InChI is InChI=1S/C25H36N2/c1-3-5-7-9-15-25(16-10-8-6-4-2)23-17-19(26)11-13-21(23)22-14-12-20(27)18-24(22)25/h11-14,17-18H,3-10,15-16,26-27H2,1-2H3. The van der Waals surface area contributed by atoms with Crippen molar-refractivity contribution in [2.75, 3.05) is 11.5 Å². The number of nitrogen functional groups attached to an aromatic ring is 2. The number of hydrogen-bond acceptors (Lipinski definition) is 2. The summed E-state index contributed by atoms with van der Waals surface area (Å²) in [5.41, 5.74) is 19.9. The molecule has 2 aromatic rings. The summed E-state index contributed by atoms with van der Waals surface area (Å²) in [6.45, 7) is 4.56. The maximum atomic E-state index is 6.24. The molecule has 3 rings (SSSR count). The zero-order valence-corrected chi connectivity index (χ0v) is 17.2. The van der Waals surface area contributed by atoms with Crippen molar-refractivity contribution in [3.8, 4) is 11.1 Å².